The molecule has 6 rings (SSSR count). The van der Waals surface area contributed by atoms with Crippen LogP contribution in [0.2, 0.25) is 0 Å². The summed E-state index contributed by atoms with van der Waals surface area (Å²) < 4.78 is 5.85. The maximum Gasteiger partial charge on any atom is 0.249 e. The van der Waals surface area contributed by atoms with Gasteiger partial charge in [-0.05, 0) is 61.6 Å². The lowest BCUT2D eigenvalue weighted by atomic mass is 9.74. The highest BCUT2D eigenvalue weighted by Gasteiger charge is 2.53. The Hall–Kier alpha value is -2.10. The number of carbonyl (C=O) groups is 3. The Balaban J connectivity index is 1.35. The molecular formula is C29H40N4O4S. The minimum Gasteiger partial charge on any atom is -0.369 e. The second kappa shape index (κ2) is 10.8. The molecular weight excluding hydrogens is 500 g/mol. The standard InChI is InChI=1S/C29H40N4O4S/c1-38-24-16-33(26-23(34)17-37-27(24)26)29(36)25(18-5-3-2-4-6-18)22-15-20(9-10-21(22)28(30)35)32-13-11-31(12-14-32)19-7-8-19/h9-10,15,18-19,24-27H,2-8,11-14,16-17H2,1H3,(H2,30,35)/t24-,25-,26+,27+/m0/s1. The van der Waals surface area contributed by atoms with Crippen molar-refractivity contribution < 1.29 is 19.1 Å². The summed E-state index contributed by atoms with van der Waals surface area (Å²) >= 11 is 1.66. The fourth-order valence-electron chi connectivity index (χ4n) is 7.30. The van der Waals surface area contributed by atoms with Crippen molar-refractivity contribution in [2.45, 2.75) is 74.3 Å². The van der Waals surface area contributed by atoms with Crippen molar-refractivity contribution in [2.24, 2.45) is 11.7 Å². The minimum atomic E-state index is -0.526. The maximum absolute atomic E-state index is 14.5. The van der Waals surface area contributed by atoms with Gasteiger partial charge in [-0.25, -0.2) is 0 Å². The molecule has 1 aromatic carbocycles. The van der Waals surface area contributed by atoms with Gasteiger partial charge in [-0.15, -0.1) is 0 Å². The predicted octanol–water partition coefficient (Wildman–Crippen LogP) is 2.64. The highest BCUT2D eigenvalue weighted by molar-refractivity contribution is 7.99. The van der Waals surface area contributed by atoms with Gasteiger partial charge in [0.05, 0.1) is 17.3 Å². The van der Waals surface area contributed by atoms with Crippen molar-refractivity contribution in [3.63, 3.8) is 0 Å². The first-order valence-corrected chi connectivity index (χ1v) is 15.7. The van der Waals surface area contributed by atoms with Gasteiger partial charge in [0.2, 0.25) is 11.8 Å². The molecule has 1 aromatic rings. The fraction of sp³-hybridized carbons (Fsp3) is 0.690. The van der Waals surface area contributed by atoms with Crippen LogP contribution < -0.4 is 10.6 Å². The van der Waals surface area contributed by atoms with Crippen LogP contribution in [0, 0.1) is 5.92 Å². The second-order valence-electron chi connectivity index (χ2n) is 11.7. The van der Waals surface area contributed by atoms with E-state index in [9.17, 15) is 14.4 Å². The van der Waals surface area contributed by atoms with Crippen LogP contribution in [0.15, 0.2) is 18.2 Å². The Kier molecular flexibility index (Phi) is 7.44. The molecule has 0 aromatic heterocycles. The number of thioether (sulfide) groups is 1. The van der Waals surface area contributed by atoms with Gasteiger partial charge in [0.25, 0.3) is 0 Å². The number of amides is 2. The van der Waals surface area contributed by atoms with Crippen molar-refractivity contribution in [1.29, 1.82) is 0 Å². The fourth-order valence-corrected chi connectivity index (χ4v) is 8.10. The Morgan fingerprint density at radius 1 is 1.05 bits per heavy atom. The molecule has 2 aliphatic carbocycles. The summed E-state index contributed by atoms with van der Waals surface area (Å²) in [5, 5.41) is 0.0760. The molecule has 2 amide bonds. The Morgan fingerprint density at radius 2 is 1.79 bits per heavy atom. The van der Waals surface area contributed by atoms with Gasteiger partial charge in [0.15, 0.2) is 5.78 Å². The first kappa shape index (κ1) is 26.1. The largest absolute Gasteiger partial charge is 0.369 e. The quantitative estimate of drug-likeness (QED) is 0.568. The number of hydrogen-bond acceptors (Lipinski definition) is 7. The number of fused-ring (bicyclic) bond motifs is 1. The van der Waals surface area contributed by atoms with Gasteiger partial charge in [0.1, 0.15) is 12.6 Å². The Bertz CT molecular complexity index is 1080. The van der Waals surface area contributed by atoms with Gasteiger partial charge in [-0.2, -0.15) is 11.8 Å². The molecule has 2 saturated carbocycles. The third-order valence-electron chi connectivity index (χ3n) is 9.49. The zero-order valence-electron chi connectivity index (χ0n) is 22.3. The van der Waals surface area contributed by atoms with Gasteiger partial charge in [-0.1, -0.05) is 19.3 Å². The zero-order valence-corrected chi connectivity index (χ0v) is 23.2. The summed E-state index contributed by atoms with van der Waals surface area (Å²) in [6.07, 6.45) is 9.58. The smallest absolute Gasteiger partial charge is 0.249 e. The van der Waals surface area contributed by atoms with Crippen LogP contribution in [-0.4, -0.2) is 96.4 Å². The van der Waals surface area contributed by atoms with E-state index in [1.165, 1.54) is 19.3 Å². The number of primary amides is 1. The summed E-state index contributed by atoms with van der Waals surface area (Å²) in [5.74, 6) is -0.916. The third-order valence-corrected chi connectivity index (χ3v) is 10.5. The van der Waals surface area contributed by atoms with Crippen LogP contribution in [0.1, 0.15) is 66.8 Å². The average molecular weight is 541 g/mol. The monoisotopic (exact) mass is 540 g/mol. The molecule has 5 fully saturated rings. The number of nitrogens with zero attached hydrogens (tertiary/aromatic N) is 3. The van der Waals surface area contributed by atoms with Crippen molar-refractivity contribution in [3.8, 4) is 0 Å². The number of rotatable bonds is 7. The molecule has 2 N–H and O–H groups in total. The molecule has 8 nitrogen and oxygen atoms in total. The number of carbonyl (C=O) groups excluding carboxylic acids is 3. The Labute approximate surface area is 229 Å². The van der Waals surface area contributed by atoms with E-state index in [2.05, 4.69) is 15.9 Å². The van der Waals surface area contributed by atoms with Gasteiger partial charge < -0.3 is 20.3 Å². The number of likely N-dealkylation sites (tertiary alicyclic amines) is 1. The van der Waals surface area contributed by atoms with Crippen molar-refractivity contribution >= 4 is 35.0 Å². The number of anilines is 1. The van der Waals surface area contributed by atoms with Crippen LogP contribution in [0.5, 0.6) is 0 Å². The number of nitrogens with two attached hydrogens (primary N) is 1. The van der Waals surface area contributed by atoms with E-state index in [0.717, 1.165) is 69.2 Å². The van der Waals surface area contributed by atoms with Crippen LogP contribution in [0.25, 0.3) is 0 Å². The number of benzene rings is 1. The van der Waals surface area contributed by atoms with E-state index in [1.807, 2.05) is 18.4 Å². The van der Waals surface area contributed by atoms with E-state index in [-0.39, 0.29) is 35.6 Å². The topological polar surface area (TPSA) is 96.2 Å². The molecule has 3 aliphatic heterocycles. The van der Waals surface area contributed by atoms with E-state index in [4.69, 9.17) is 10.5 Å². The lowest BCUT2D eigenvalue weighted by molar-refractivity contribution is -0.139. The summed E-state index contributed by atoms with van der Waals surface area (Å²) in [6, 6.07) is 6.11. The molecule has 3 saturated heterocycles. The van der Waals surface area contributed by atoms with Crippen LogP contribution >= 0.6 is 11.8 Å². The third kappa shape index (κ3) is 4.86. The SMILES string of the molecule is CS[C@H]1CN(C(=O)[C@H](c2cc(N3CCN(C4CC4)CC3)ccc2C(N)=O)C2CCCCC2)[C@@H]2C(=O)CO[C@H]12. The highest BCUT2D eigenvalue weighted by Crippen LogP contribution is 2.43. The van der Waals surface area contributed by atoms with Gasteiger partial charge in [0, 0.05) is 50.0 Å². The van der Waals surface area contributed by atoms with Crippen LogP contribution in [0.4, 0.5) is 5.69 Å². The molecule has 0 unspecified atom stereocenters. The molecule has 5 aliphatic rings. The van der Waals surface area contributed by atoms with Crippen molar-refractivity contribution in [3.05, 3.63) is 29.3 Å². The molecule has 4 atom stereocenters. The molecule has 3 heterocycles. The van der Waals surface area contributed by atoms with Crippen LogP contribution in [-0.2, 0) is 14.3 Å². The van der Waals surface area contributed by atoms with Crippen molar-refractivity contribution in [1.82, 2.24) is 9.80 Å². The lowest BCUT2D eigenvalue weighted by Crippen LogP contribution is -2.47. The number of ether oxygens (including phenoxy) is 1. The second-order valence-corrected chi connectivity index (χ2v) is 12.8. The number of piperazine rings is 1. The van der Waals surface area contributed by atoms with Crippen LogP contribution in [0.3, 0.4) is 0 Å². The molecule has 0 spiro atoms. The normalized spacial score (nSPS) is 29.5. The minimum absolute atomic E-state index is 0.0142. The summed E-state index contributed by atoms with van der Waals surface area (Å²) in [4.78, 5) is 46.8. The molecule has 0 radical (unpaired) electrons. The molecule has 38 heavy (non-hydrogen) atoms. The lowest BCUT2D eigenvalue weighted by Gasteiger charge is -2.38. The highest BCUT2D eigenvalue weighted by atomic mass is 32.2. The summed E-state index contributed by atoms with van der Waals surface area (Å²) in [5.41, 5.74) is 8.14. The van der Waals surface area contributed by atoms with E-state index >= 15 is 0 Å². The number of ketones is 1. The summed E-state index contributed by atoms with van der Waals surface area (Å²) in [6.45, 7) is 4.52. The summed E-state index contributed by atoms with van der Waals surface area (Å²) in [7, 11) is 0. The van der Waals surface area contributed by atoms with E-state index in [0.29, 0.717) is 12.1 Å². The molecule has 9 heteroatoms. The zero-order chi connectivity index (χ0) is 26.4. The Morgan fingerprint density at radius 3 is 2.45 bits per heavy atom. The first-order chi connectivity index (χ1) is 18.5. The van der Waals surface area contributed by atoms with E-state index in [1.54, 1.807) is 16.7 Å². The predicted molar refractivity (Wildman–Crippen MR) is 149 cm³/mol. The number of hydrogen-bond donors (Lipinski definition) is 1. The number of Topliss-reactive ketones (excluding diaryl/α,β-unsaturated/α-hetero) is 1. The van der Waals surface area contributed by atoms with Gasteiger partial charge >= 0.3 is 0 Å². The van der Waals surface area contributed by atoms with Crippen molar-refractivity contribution in [2.75, 3.05) is 50.5 Å². The molecule has 206 valence electrons. The maximum atomic E-state index is 14.5. The average Bonchev–Trinajstić information content (AvgIpc) is 3.63. The molecule has 0 bridgehead atoms. The van der Waals surface area contributed by atoms with E-state index < -0.39 is 17.9 Å². The first-order valence-electron chi connectivity index (χ1n) is 14.4. The van der Waals surface area contributed by atoms with Gasteiger partial charge in [-0.3, -0.25) is 19.3 Å².